The lowest BCUT2D eigenvalue weighted by molar-refractivity contribution is -0.887. The lowest BCUT2D eigenvalue weighted by Crippen LogP contribution is -3.10. The van der Waals surface area contributed by atoms with Crippen LogP contribution < -0.4 is 4.90 Å². The third-order valence-corrected chi connectivity index (χ3v) is 9.21. The number of ketones is 1. The molecule has 2 unspecified atom stereocenters. The van der Waals surface area contributed by atoms with Crippen molar-refractivity contribution >= 4 is 13.6 Å². The van der Waals surface area contributed by atoms with Crippen LogP contribution in [0.2, 0.25) is 0 Å². The number of unbranched alkanes of at least 4 members (excludes halogenated alkanes) is 15. The summed E-state index contributed by atoms with van der Waals surface area (Å²) in [5.74, 6) is 0.221. The van der Waals surface area contributed by atoms with Crippen LogP contribution in [-0.4, -0.2) is 43.5 Å². The maximum Gasteiger partial charge on any atom is 0.472 e. The molecule has 1 aliphatic rings. The molecule has 6 nitrogen and oxygen atoms in total. The van der Waals surface area contributed by atoms with Gasteiger partial charge in [-0.05, 0) is 18.8 Å². The Morgan fingerprint density at radius 3 is 1.77 bits per heavy atom. The van der Waals surface area contributed by atoms with E-state index in [1.165, 1.54) is 116 Å². The van der Waals surface area contributed by atoms with Crippen molar-refractivity contribution in [3.8, 4) is 0 Å². The van der Waals surface area contributed by atoms with E-state index in [1.54, 1.807) is 4.90 Å². The second kappa shape index (κ2) is 25.5. The Morgan fingerprint density at radius 1 is 0.744 bits per heavy atom. The van der Waals surface area contributed by atoms with Gasteiger partial charge >= 0.3 is 7.82 Å². The molecule has 0 aromatic rings. The molecule has 39 heavy (non-hydrogen) atoms. The van der Waals surface area contributed by atoms with Crippen molar-refractivity contribution < 1.29 is 28.2 Å². The van der Waals surface area contributed by atoms with E-state index in [9.17, 15) is 14.3 Å². The van der Waals surface area contributed by atoms with Crippen LogP contribution in [0.15, 0.2) is 0 Å². The number of carbonyl (C=O) groups is 1. The third kappa shape index (κ3) is 23.0. The van der Waals surface area contributed by atoms with Crippen molar-refractivity contribution in [3.05, 3.63) is 0 Å². The van der Waals surface area contributed by atoms with Gasteiger partial charge in [0.15, 0.2) is 0 Å². The van der Waals surface area contributed by atoms with Gasteiger partial charge in [0, 0.05) is 32.1 Å². The standard InChI is InChI=1S/C32H64NO5P/c1-3-5-6-7-8-9-10-11-12-13-14-15-16-17-18-19-24-31(29-32(34)23-4-2)30-38-39(35,36)37-28-22-27-33-25-20-21-26-33/h31H,3-30H2,1-2H3,(H,35,36)/p+1. The Labute approximate surface area is 242 Å². The molecule has 1 rings (SSSR count). The van der Waals surface area contributed by atoms with Crippen LogP contribution >= 0.6 is 7.82 Å². The zero-order valence-electron chi connectivity index (χ0n) is 25.9. The molecule has 0 radical (unpaired) electrons. The van der Waals surface area contributed by atoms with Crippen LogP contribution in [0.5, 0.6) is 0 Å². The topological polar surface area (TPSA) is 77.3 Å². The number of nitrogens with one attached hydrogen (secondary N) is 1. The van der Waals surface area contributed by atoms with Crippen molar-refractivity contribution in [2.75, 3.05) is 32.8 Å². The summed E-state index contributed by atoms with van der Waals surface area (Å²) < 4.78 is 22.9. The first kappa shape index (κ1) is 36.8. The van der Waals surface area contributed by atoms with Gasteiger partial charge < -0.3 is 9.79 Å². The summed E-state index contributed by atoms with van der Waals surface area (Å²) in [4.78, 5) is 23.9. The molecule has 0 amide bonds. The Hall–Kier alpha value is -0.260. The Kier molecular flexibility index (Phi) is 24.0. The summed E-state index contributed by atoms with van der Waals surface area (Å²) in [7, 11) is -4.06. The van der Waals surface area contributed by atoms with E-state index in [2.05, 4.69) is 6.92 Å². The number of likely N-dealkylation sites (tertiary alicyclic amines) is 1. The lowest BCUT2D eigenvalue weighted by atomic mass is 9.94. The molecule has 1 aliphatic heterocycles. The Balaban J connectivity index is 2.09. The summed E-state index contributed by atoms with van der Waals surface area (Å²) in [5, 5.41) is 0. The fraction of sp³-hybridized carbons (Fsp3) is 0.969. The van der Waals surface area contributed by atoms with E-state index in [4.69, 9.17) is 9.05 Å². The summed E-state index contributed by atoms with van der Waals surface area (Å²) in [5.41, 5.74) is 0. The van der Waals surface area contributed by atoms with E-state index in [0.29, 0.717) is 12.8 Å². The van der Waals surface area contributed by atoms with Crippen LogP contribution in [0.1, 0.15) is 162 Å². The third-order valence-electron chi connectivity index (χ3n) is 8.22. The molecular weight excluding hydrogens is 509 g/mol. The first-order valence-electron chi connectivity index (χ1n) is 16.9. The molecule has 1 heterocycles. The summed E-state index contributed by atoms with van der Waals surface area (Å²) in [6.07, 6.45) is 27.4. The second-order valence-corrected chi connectivity index (χ2v) is 13.6. The number of quaternary nitrogens is 1. The molecule has 0 saturated carbocycles. The highest BCUT2D eigenvalue weighted by Crippen LogP contribution is 2.44. The van der Waals surface area contributed by atoms with Gasteiger partial charge in [-0.15, -0.1) is 0 Å². The first-order chi connectivity index (χ1) is 19.0. The van der Waals surface area contributed by atoms with E-state index in [0.717, 1.165) is 38.6 Å². The first-order valence-corrected chi connectivity index (χ1v) is 18.4. The molecule has 1 fully saturated rings. The second-order valence-electron chi connectivity index (χ2n) is 12.1. The van der Waals surface area contributed by atoms with Crippen LogP contribution in [-0.2, 0) is 18.4 Å². The minimum absolute atomic E-state index is 0.00573. The van der Waals surface area contributed by atoms with Crippen molar-refractivity contribution in [1.82, 2.24) is 0 Å². The minimum atomic E-state index is -4.06. The lowest BCUT2D eigenvalue weighted by Gasteiger charge is -2.19. The molecule has 2 atom stereocenters. The van der Waals surface area contributed by atoms with Crippen molar-refractivity contribution in [2.45, 2.75) is 162 Å². The van der Waals surface area contributed by atoms with E-state index < -0.39 is 7.82 Å². The summed E-state index contributed by atoms with van der Waals surface area (Å²) in [6, 6.07) is 0. The highest BCUT2D eigenvalue weighted by molar-refractivity contribution is 7.47. The summed E-state index contributed by atoms with van der Waals surface area (Å²) >= 11 is 0. The predicted octanol–water partition coefficient (Wildman–Crippen LogP) is 8.22. The number of phosphoric acid groups is 1. The van der Waals surface area contributed by atoms with Crippen LogP contribution in [0, 0.1) is 5.92 Å². The van der Waals surface area contributed by atoms with Gasteiger partial charge in [0.1, 0.15) is 5.78 Å². The van der Waals surface area contributed by atoms with Gasteiger partial charge in [0.25, 0.3) is 0 Å². The molecule has 1 saturated heterocycles. The molecule has 2 N–H and O–H groups in total. The number of hydrogen-bond donors (Lipinski definition) is 2. The molecule has 0 aromatic carbocycles. The molecule has 7 heteroatoms. The number of rotatable bonds is 29. The van der Waals surface area contributed by atoms with Crippen molar-refractivity contribution in [3.63, 3.8) is 0 Å². The Bertz CT molecular complexity index is 611. The maximum atomic E-state index is 12.4. The van der Waals surface area contributed by atoms with E-state index >= 15 is 0 Å². The number of Topliss-reactive ketones (excluding diaryl/α,β-unsaturated/α-hetero) is 1. The zero-order valence-corrected chi connectivity index (χ0v) is 26.8. The van der Waals surface area contributed by atoms with Crippen LogP contribution in [0.4, 0.5) is 0 Å². The number of hydrogen-bond acceptors (Lipinski definition) is 4. The summed E-state index contributed by atoms with van der Waals surface area (Å²) in [6.45, 7) is 8.03. The normalized spacial score (nSPS) is 16.5. The van der Waals surface area contributed by atoms with E-state index in [-0.39, 0.29) is 24.9 Å². The highest BCUT2D eigenvalue weighted by Gasteiger charge is 2.25. The van der Waals surface area contributed by atoms with Gasteiger partial charge in [-0.25, -0.2) is 4.57 Å². The van der Waals surface area contributed by atoms with Gasteiger partial charge in [-0.1, -0.05) is 117 Å². The predicted molar refractivity (Wildman–Crippen MR) is 163 cm³/mol. The fourth-order valence-corrected chi connectivity index (χ4v) is 6.63. The molecule has 0 aromatic heterocycles. The van der Waals surface area contributed by atoms with Crippen molar-refractivity contribution in [1.29, 1.82) is 0 Å². The van der Waals surface area contributed by atoms with Crippen LogP contribution in [0.25, 0.3) is 0 Å². The van der Waals surface area contributed by atoms with Crippen LogP contribution in [0.3, 0.4) is 0 Å². The van der Waals surface area contributed by atoms with Gasteiger partial charge in [-0.2, -0.15) is 0 Å². The monoisotopic (exact) mass is 574 g/mol. The van der Waals surface area contributed by atoms with Gasteiger partial charge in [0.05, 0.1) is 32.8 Å². The molecule has 0 bridgehead atoms. The SMILES string of the molecule is CCCCCCCCCCCCCCCCCCC(COP(=O)(O)OCCC[NH+]1CCCC1)CC(=O)CCC. The molecule has 0 spiro atoms. The zero-order chi connectivity index (χ0) is 28.4. The largest absolute Gasteiger partial charge is 0.472 e. The van der Waals surface area contributed by atoms with E-state index in [1.807, 2.05) is 6.92 Å². The minimum Gasteiger partial charge on any atom is -0.335 e. The average molecular weight is 575 g/mol. The fourth-order valence-electron chi connectivity index (χ4n) is 5.79. The van der Waals surface area contributed by atoms with Gasteiger partial charge in [-0.3, -0.25) is 13.8 Å². The molecule has 232 valence electrons. The quantitative estimate of drug-likeness (QED) is 0.0695. The smallest absolute Gasteiger partial charge is 0.335 e. The van der Waals surface area contributed by atoms with Crippen molar-refractivity contribution in [2.24, 2.45) is 5.92 Å². The molecule has 0 aliphatic carbocycles. The Morgan fingerprint density at radius 2 is 1.26 bits per heavy atom. The molecular formula is C32H65NO5P+. The maximum absolute atomic E-state index is 12.4. The number of phosphoric ester groups is 1. The highest BCUT2D eigenvalue weighted by atomic mass is 31.2. The number of carbonyl (C=O) groups excluding carboxylic acids is 1. The average Bonchev–Trinajstić information content (AvgIpc) is 3.43. The van der Waals surface area contributed by atoms with Gasteiger partial charge in [0.2, 0.25) is 0 Å².